The maximum absolute atomic E-state index is 12.6. The van der Waals surface area contributed by atoms with Gasteiger partial charge in [0, 0.05) is 29.0 Å². The third-order valence-corrected chi connectivity index (χ3v) is 5.21. The second-order valence-corrected chi connectivity index (χ2v) is 7.24. The Morgan fingerprint density at radius 1 is 1.12 bits per heavy atom. The molecule has 3 rings (SSSR count). The van der Waals surface area contributed by atoms with Gasteiger partial charge in [0.05, 0.1) is 12.7 Å². The van der Waals surface area contributed by atoms with Gasteiger partial charge in [-0.2, -0.15) is 0 Å². The van der Waals surface area contributed by atoms with Crippen LogP contribution in [0.3, 0.4) is 0 Å². The van der Waals surface area contributed by atoms with E-state index in [9.17, 15) is 14.7 Å². The molecule has 0 unspecified atom stereocenters. The van der Waals surface area contributed by atoms with Crippen molar-refractivity contribution in [2.75, 3.05) is 20.2 Å². The van der Waals surface area contributed by atoms with Crippen LogP contribution in [-0.4, -0.2) is 41.9 Å². The SMILES string of the molecule is COc1ccc(C(=O)C2CCN(C(=O)c3ccc(Br)cc3O)CC2)cc1. The highest BCUT2D eigenvalue weighted by molar-refractivity contribution is 9.10. The molecular formula is C20H20BrNO4. The molecule has 1 saturated heterocycles. The van der Waals surface area contributed by atoms with E-state index in [1.807, 2.05) is 0 Å². The summed E-state index contributed by atoms with van der Waals surface area (Å²) in [5.41, 5.74) is 0.953. The summed E-state index contributed by atoms with van der Waals surface area (Å²) in [7, 11) is 1.59. The van der Waals surface area contributed by atoms with Crippen LogP contribution in [0.4, 0.5) is 0 Å². The number of hydrogen-bond acceptors (Lipinski definition) is 4. The zero-order chi connectivity index (χ0) is 18.7. The number of likely N-dealkylation sites (tertiary alicyclic amines) is 1. The second-order valence-electron chi connectivity index (χ2n) is 6.32. The number of phenols is 1. The van der Waals surface area contributed by atoms with Crippen LogP contribution in [0.1, 0.15) is 33.6 Å². The first kappa shape index (κ1) is 18.5. The number of ether oxygens (including phenoxy) is 1. The lowest BCUT2D eigenvalue weighted by atomic mass is 9.88. The molecule has 1 aliphatic heterocycles. The Labute approximate surface area is 160 Å². The predicted molar refractivity (Wildman–Crippen MR) is 102 cm³/mol. The monoisotopic (exact) mass is 417 g/mol. The van der Waals surface area contributed by atoms with Crippen LogP contribution in [0.5, 0.6) is 11.5 Å². The van der Waals surface area contributed by atoms with Gasteiger partial charge in [0.25, 0.3) is 5.91 Å². The minimum Gasteiger partial charge on any atom is -0.507 e. The number of Topliss-reactive ketones (excluding diaryl/α,β-unsaturated/α-hetero) is 1. The number of piperidine rings is 1. The van der Waals surface area contributed by atoms with Gasteiger partial charge in [-0.05, 0) is 55.3 Å². The maximum atomic E-state index is 12.6. The molecule has 6 heteroatoms. The highest BCUT2D eigenvalue weighted by Gasteiger charge is 2.29. The molecule has 1 heterocycles. The Bertz CT molecular complexity index is 811. The number of hydrogen-bond donors (Lipinski definition) is 1. The van der Waals surface area contributed by atoms with E-state index in [0.29, 0.717) is 31.5 Å². The molecule has 0 aromatic heterocycles. The van der Waals surface area contributed by atoms with E-state index >= 15 is 0 Å². The highest BCUT2D eigenvalue weighted by Crippen LogP contribution is 2.27. The molecule has 0 spiro atoms. The smallest absolute Gasteiger partial charge is 0.257 e. The molecule has 2 aromatic carbocycles. The lowest BCUT2D eigenvalue weighted by molar-refractivity contribution is 0.0647. The first-order chi connectivity index (χ1) is 12.5. The van der Waals surface area contributed by atoms with E-state index in [2.05, 4.69) is 15.9 Å². The van der Waals surface area contributed by atoms with E-state index in [1.54, 1.807) is 48.4 Å². The van der Waals surface area contributed by atoms with Gasteiger partial charge in [-0.1, -0.05) is 15.9 Å². The van der Waals surface area contributed by atoms with Crippen LogP contribution in [0.15, 0.2) is 46.9 Å². The molecule has 1 amide bonds. The summed E-state index contributed by atoms with van der Waals surface area (Å²) in [5.74, 6) is 0.486. The standard InChI is InChI=1S/C20H20BrNO4/c1-26-16-5-2-13(3-6-16)19(24)14-8-10-22(11-9-14)20(25)17-7-4-15(21)12-18(17)23/h2-7,12,14,23H,8-11H2,1H3. The molecule has 1 aliphatic rings. The van der Waals surface area contributed by atoms with Crippen molar-refractivity contribution in [3.8, 4) is 11.5 Å². The number of benzene rings is 2. The fourth-order valence-corrected chi connectivity index (χ4v) is 3.54. The number of ketones is 1. The minimum atomic E-state index is -0.203. The number of amides is 1. The Morgan fingerprint density at radius 2 is 1.77 bits per heavy atom. The predicted octanol–water partition coefficient (Wildman–Crippen LogP) is 3.90. The molecule has 0 aliphatic carbocycles. The molecular weight excluding hydrogens is 398 g/mol. The van der Waals surface area contributed by atoms with Gasteiger partial charge in [-0.3, -0.25) is 9.59 Å². The fourth-order valence-electron chi connectivity index (χ4n) is 3.19. The van der Waals surface area contributed by atoms with Crippen LogP contribution in [-0.2, 0) is 0 Å². The number of carbonyl (C=O) groups is 2. The molecule has 0 radical (unpaired) electrons. The summed E-state index contributed by atoms with van der Waals surface area (Å²) in [6.45, 7) is 1.00. The number of phenolic OH excluding ortho intramolecular Hbond substituents is 1. The summed E-state index contributed by atoms with van der Waals surface area (Å²) in [6, 6.07) is 12.0. The van der Waals surface area contributed by atoms with Gasteiger partial charge in [0.1, 0.15) is 11.5 Å². The number of halogens is 1. The molecule has 0 bridgehead atoms. The molecule has 136 valence electrons. The number of methoxy groups -OCH3 is 1. The van der Waals surface area contributed by atoms with E-state index in [4.69, 9.17) is 4.74 Å². The molecule has 1 N–H and O–H groups in total. The van der Waals surface area contributed by atoms with E-state index in [1.165, 1.54) is 6.07 Å². The van der Waals surface area contributed by atoms with Crippen molar-refractivity contribution in [1.82, 2.24) is 4.90 Å². The van der Waals surface area contributed by atoms with Crippen molar-refractivity contribution in [3.63, 3.8) is 0 Å². The molecule has 2 aromatic rings. The number of aromatic hydroxyl groups is 1. The van der Waals surface area contributed by atoms with E-state index in [0.717, 1.165) is 10.2 Å². The number of rotatable bonds is 4. The average molecular weight is 418 g/mol. The molecule has 0 saturated carbocycles. The summed E-state index contributed by atoms with van der Waals surface area (Å²) in [4.78, 5) is 26.9. The van der Waals surface area contributed by atoms with E-state index in [-0.39, 0.29) is 28.9 Å². The van der Waals surface area contributed by atoms with Gasteiger partial charge in [0.2, 0.25) is 0 Å². The van der Waals surface area contributed by atoms with Crippen LogP contribution >= 0.6 is 15.9 Å². The van der Waals surface area contributed by atoms with Crippen molar-refractivity contribution in [1.29, 1.82) is 0 Å². The summed E-state index contributed by atoms with van der Waals surface area (Å²) < 4.78 is 5.83. The average Bonchev–Trinajstić information content (AvgIpc) is 2.67. The maximum Gasteiger partial charge on any atom is 0.257 e. The highest BCUT2D eigenvalue weighted by atomic mass is 79.9. The summed E-state index contributed by atoms with van der Waals surface area (Å²) in [5, 5.41) is 9.98. The van der Waals surface area contributed by atoms with Gasteiger partial charge >= 0.3 is 0 Å². The lowest BCUT2D eigenvalue weighted by Crippen LogP contribution is -2.40. The second kappa shape index (κ2) is 7.91. The van der Waals surface area contributed by atoms with Gasteiger partial charge in [0.15, 0.2) is 5.78 Å². The first-order valence-electron chi connectivity index (χ1n) is 8.45. The third kappa shape index (κ3) is 3.90. The van der Waals surface area contributed by atoms with Crippen molar-refractivity contribution < 1.29 is 19.4 Å². The Kier molecular flexibility index (Phi) is 5.61. The van der Waals surface area contributed by atoms with Gasteiger partial charge < -0.3 is 14.7 Å². The zero-order valence-corrected chi connectivity index (χ0v) is 16.0. The molecule has 1 fully saturated rings. The van der Waals surface area contributed by atoms with Crippen LogP contribution < -0.4 is 4.74 Å². The van der Waals surface area contributed by atoms with Gasteiger partial charge in [-0.15, -0.1) is 0 Å². The fraction of sp³-hybridized carbons (Fsp3) is 0.300. The quantitative estimate of drug-likeness (QED) is 0.765. The largest absolute Gasteiger partial charge is 0.507 e. The van der Waals surface area contributed by atoms with Crippen molar-refractivity contribution in [3.05, 3.63) is 58.1 Å². The molecule has 0 atom stereocenters. The Hall–Kier alpha value is -2.34. The Morgan fingerprint density at radius 3 is 2.35 bits per heavy atom. The molecule has 5 nitrogen and oxygen atoms in total. The first-order valence-corrected chi connectivity index (χ1v) is 9.25. The van der Waals surface area contributed by atoms with Crippen LogP contribution in [0.25, 0.3) is 0 Å². The number of nitrogens with zero attached hydrogens (tertiary/aromatic N) is 1. The zero-order valence-electron chi connectivity index (χ0n) is 14.4. The van der Waals surface area contributed by atoms with Crippen molar-refractivity contribution in [2.24, 2.45) is 5.92 Å². The van der Waals surface area contributed by atoms with E-state index < -0.39 is 0 Å². The topological polar surface area (TPSA) is 66.8 Å². The molecule has 26 heavy (non-hydrogen) atoms. The van der Waals surface area contributed by atoms with Gasteiger partial charge in [-0.25, -0.2) is 0 Å². The van der Waals surface area contributed by atoms with Crippen molar-refractivity contribution >= 4 is 27.6 Å². The summed E-state index contributed by atoms with van der Waals surface area (Å²) >= 11 is 3.27. The lowest BCUT2D eigenvalue weighted by Gasteiger charge is -2.31. The van der Waals surface area contributed by atoms with Crippen LogP contribution in [0.2, 0.25) is 0 Å². The number of carbonyl (C=O) groups excluding carboxylic acids is 2. The van der Waals surface area contributed by atoms with Crippen molar-refractivity contribution in [2.45, 2.75) is 12.8 Å². The minimum absolute atomic E-state index is 0.0409. The Balaban J connectivity index is 1.63. The normalized spacial score (nSPS) is 14.9. The summed E-state index contributed by atoms with van der Waals surface area (Å²) in [6.07, 6.45) is 1.24. The van der Waals surface area contributed by atoms with Crippen LogP contribution in [0, 0.1) is 5.92 Å². The third-order valence-electron chi connectivity index (χ3n) is 4.72.